The second kappa shape index (κ2) is 9.59. The maximum atomic E-state index is 14.4. The third kappa shape index (κ3) is 5.48. The van der Waals surface area contributed by atoms with Crippen molar-refractivity contribution in [3.63, 3.8) is 0 Å². The van der Waals surface area contributed by atoms with Crippen LogP contribution in [0.4, 0.5) is 8.78 Å². The molecule has 1 aliphatic rings. The van der Waals surface area contributed by atoms with E-state index in [0.717, 1.165) is 25.7 Å². The Hall–Kier alpha value is -2.54. The van der Waals surface area contributed by atoms with Gasteiger partial charge in [0.05, 0.1) is 5.69 Å². The van der Waals surface area contributed by atoms with Gasteiger partial charge in [0, 0.05) is 30.2 Å². The van der Waals surface area contributed by atoms with E-state index in [4.69, 9.17) is 9.84 Å². The molecule has 2 N–H and O–H groups in total. The summed E-state index contributed by atoms with van der Waals surface area (Å²) < 4.78 is 34.7. The highest BCUT2D eigenvalue weighted by Gasteiger charge is 2.18. The molecular weight excluding hydrogens is 366 g/mol. The molecule has 0 aliphatic heterocycles. The van der Waals surface area contributed by atoms with Gasteiger partial charge in [-0.2, -0.15) is 0 Å². The first kappa shape index (κ1) is 20.2. The van der Waals surface area contributed by atoms with Crippen molar-refractivity contribution in [1.82, 2.24) is 10.3 Å². The summed E-state index contributed by atoms with van der Waals surface area (Å²) in [4.78, 5) is 14.9. The lowest BCUT2D eigenvalue weighted by atomic mass is 10.1. The zero-order chi connectivity index (χ0) is 19.9. The van der Waals surface area contributed by atoms with E-state index in [0.29, 0.717) is 30.1 Å². The monoisotopic (exact) mass is 390 g/mol. The van der Waals surface area contributed by atoms with Crippen molar-refractivity contribution in [2.45, 2.75) is 51.2 Å². The Labute approximate surface area is 162 Å². The summed E-state index contributed by atoms with van der Waals surface area (Å²) in [5.41, 5.74) is 0.730. The molecule has 0 unspecified atom stereocenters. The summed E-state index contributed by atoms with van der Waals surface area (Å²) in [6.07, 6.45) is 4.87. The van der Waals surface area contributed by atoms with Crippen molar-refractivity contribution in [1.29, 1.82) is 0 Å². The normalized spacial score (nSPS) is 14.4. The molecule has 2 aromatic rings. The molecule has 1 fully saturated rings. The molecular formula is C21H24F2N2O3. The molecule has 150 valence electrons. The second-order valence-corrected chi connectivity index (χ2v) is 6.98. The van der Waals surface area contributed by atoms with Crippen molar-refractivity contribution >= 4 is 5.97 Å². The molecule has 0 bridgehead atoms. The molecule has 1 aliphatic carbocycles. The fourth-order valence-corrected chi connectivity index (χ4v) is 3.32. The first-order chi connectivity index (χ1) is 13.5. The molecule has 0 radical (unpaired) electrons. The molecule has 1 heterocycles. The van der Waals surface area contributed by atoms with Crippen LogP contribution in [0.2, 0.25) is 0 Å². The van der Waals surface area contributed by atoms with Crippen molar-refractivity contribution in [2.75, 3.05) is 6.54 Å². The number of aliphatic carboxylic acids is 1. The summed E-state index contributed by atoms with van der Waals surface area (Å²) in [6.45, 7) is 0.366. The quantitative estimate of drug-likeness (QED) is 0.625. The van der Waals surface area contributed by atoms with Crippen molar-refractivity contribution < 1.29 is 23.4 Å². The minimum absolute atomic E-state index is 0.00414. The topological polar surface area (TPSA) is 71.5 Å². The molecule has 3 rings (SSSR count). The Morgan fingerprint density at radius 1 is 1.21 bits per heavy atom. The summed E-state index contributed by atoms with van der Waals surface area (Å²) in [7, 11) is 0. The van der Waals surface area contributed by atoms with Gasteiger partial charge in [-0.05, 0) is 56.8 Å². The number of halogens is 2. The van der Waals surface area contributed by atoms with Crippen LogP contribution in [0.5, 0.6) is 5.88 Å². The molecule has 0 amide bonds. The maximum absolute atomic E-state index is 14.4. The lowest BCUT2D eigenvalue weighted by Gasteiger charge is -2.13. The first-order valence-corrected chi connectivity index (χ1v) is 9.57. The highest BCUT2D eigenvalue weighted by atomic mass is 19.1. The minimum atomic E-state index is -0.893. The lowest BCUT2D eigenvalue weighted by molar-refractivity contribution is -0.137. The van der Waals surface area contributed by atoms with Crippen LogP contribution in [0.1, 0.15) is 44.1 Å². The molecule has 28 heavy (non-hydrogen) atoms. The van der Waals surface area contributed by atoms with E-state index in [2.05, 4.69) is 10.3 Å². The average molecular weight is 390 g/mol. The molecule has 1 aromatic heterocycles. The van der Waals surface area contributed by atoms with Crippen LogP contribution in [0.25, 0.3) is 11.3 Å². The molecule has 0 atom stereocenters. The highest BCUT2D eigenvalue weighted by Crippen LogP contribution is 2.27. The van der Waals surface area contributed by atoms with Gasteiger partial charge in [0.2, 0.25) is 5.88 Å². The van der Waals surface area contributed by atoms with Gasteiger partial charge < -0.3 is 15.2 Å². The second-order valence-electron chi connectivity index (χ2n) is 6.98. The molecule has 0 spiro atoms. The number of rotatable bonds is 9. The Morgan fingerprint density at radius 2 is 1.93 bits per heavy atom. The number of aromatic nitrogens is 1. The van der Waals surface area contributed by atoms with Crippen molar-refractivity contribution in [3.05, 3.63) is 47.5 Å². The number of hydrogen-bond acceptors (Lipinski definition) is 4. The number of ether oxygens (including phenoxy) is 1. The standard InChI is InChI=1S/C21H24F2N2O3/c22-17-11-14(12-18(23)16(17)13-24-10-4-9-21(26)27)19-7-3-8-20(25-19)28-15-5-1-2-6-15/h3,7-8,11-12,15,24H,1-2,4-6,9-10,13H2,(H,26,27). The van der Waals surface area contributed by atoms with Crippen LogP contribution in [0, 0.1) is 11.6 Å². The summed E-state index contributed by atoms with van der Waals surface area (Å²) in [5.74, 6) is -1.75. The number of nitrogens with one attached hydrogen (secondary N) is 1. The van der Waals surface area contributed by atoms with Gasteiger partial charge in [0.1, 0.15) is 17.7 Å². The number of hydrogen-bond donors (Lipinski definition) is 2. The van der Waals surface area contributed by atoms with Crippen molar-refractivity contribution in [3.8, 4) is 17.1 Å². The van der Waals surface area contributed by atoms with E-state index in [1.165, 1.54) is 12.1 Å². The van der Waals surface area contributed by atoms with Crippen LogP contribution >= 0.6 is 0 Å². The van der Waals surface area contributed by atoms with E-state index in [1.807, 2.05) is 0 Å². The third-order valence-corrected chi connectivity index (χ3v) is 4.80. The maximum Gasteiger partial charge on any atom is 0.303 e. The zero-order valence-corrected chi connectivity index (χ0v) is 15.6. The van der Waals surface area contributed by atoms with Crippen LogP contribution < -0.4 is 10.1 Å². The largest absolute Gasteiger partial charge is 0.481 e. The Kier molecular flexibility index (Phi) is 6.92. The highest BCUT2D eigenvalue weighted by molar-refractivity contribution is 5.66. The predicted molar refractivity (Wildman–Crippen MR) is 101 cm³/mol. The minimum Gasteiger partial charge on any atom is -0.481 e. The van der Waals surface area contributed by atoms with Crippen LogP contribution in [0.3, 0.4) is 0 Å². The van der Waals surface area contributed by atoms with E-state index in [1.54, 1.807) is 18.2 Å². The Morgan fingerprint density at radius 3 is 2.61 bits per heavy atom. The fraction of sp³-hybridized carbons (Fsp3) is 0.429. The first-order valence-electron chi connectivity index (χ1n) is 9.57. The van der Waals surface area contributed by atoms with Gasteiger partial charge in [0.25, 0.3) is 0 Å². The molecule has 7 heteroatoms. The smallest absolute Gasteiger partial charge is 0.303 e. The Balaban J connectivity index is 1.67. The molecule has 0 saturated heterocycles. The summed E-state index contributed by atoms with van der Waals surface area (Å²) in [5, 5.41) is 11.5. The predicted octanol–water partition coefficient (Wildman–Crippen LogP) is 4.30. The van der Waals surface area contributed by atoms with Crippen molar-refractivity contribution in [2.24, 2.45) is 0 Å². The van der Waals surface area contributed by atoms with Gasteiger partial charge in [-0.15, -0.1) is 0 Å². The molecule has 5 nitrogen and oxygen atoms in total. The molecule has 1 aromatic carbocycles. The third-order valence-electron chi connectivity index (χ3n) is 4.80. The van der Waals surface area contributed by atoms with Gasteiger partial charge in [0.15, 0.2) is 0 Å². The number of benzene rings is 1. The van der Waals surface area contributed by atoms with Crippen LogP contribution in [-0.4, -0.2) is 28.7 Å². The van der Waals surface area contributed by atoms with E-state index < -0.39 is 17.6 Å². The number of carbonyl (C=O) groups is 1. The number of carboxylic acid groups (broad SMARTS) is 1. The lowest BCUT2D eigenvalue weighted by Crippen LogP contribution is -2.17. The number of pyridine rings is 1. The Bertz CT molecular complexity index is 800. The summed E-state index contributed by atoms with van der Waals surface area (Å²) in [6, 6.07) is 7.74. The van der Waals surface area contributed by atoms with Gasteiger partial charge in [-0.1, -0.05) is 6.07 Å². The number of carboxylic acids is 1. The van der Waals surface area contributed by atoms with Gasteiger partial charge >= 0.3 is 5.97 Å². The SMILES string of the molecule is O=C(O)CCCNCc1c(F)cc(-c2cccc(OC3CCCC3)n2)cc1F. The number of nitrogens with zero attached hydrogens (tertiary/aromatic N) is 1. The van der Waals surface area contributed by atoms with E-state index in [-0.39, 0.29) is 24.6 Å². The summed E-state index contributed by atoms with van der Waals surface area (Å²) >= 11 is 0. The van der Waals surface area contributed by atoms with E-state index >= 15 is 0 Å². The van der Waals surface area contributed by atoms with Gasteiger partial charge in [-0.3, -0.25) is 4.79 Å². The van der Waals surface area contributed by atoms with E-state index in [9.17, 15) is 13.6 Å². The average Bonchev–Trinajstić information content (AvgIpc) is 3.16. The zero-order valence-electron chi connectivity index (χ0n) is 15.6. The van der Waals surface area contributed by atoms with Crippen LogP contribution in [-0.2, 0) is 11.3 Å². The van der Waals surface area contributed by atoms with Gasteiger partial charge in [-0.25, -0.2) is 13.8 Å². The fourth-order valence-electron chi connectivity index (χ4n) is 3.32. The van der Waals surface area contributed by atoms with Crippen LogP contribution in [0.15, 0.2) is 30.3 Å². The molecule has 1 saturated carbocycles.